The number of ketones is 2. The zero-order valence-electron chi connectivity index (χ0n) is 22.0. The number of fused-ring (bicyclic) bond motifs is 5. The molecular formula is C28H32O11. The Morgan fingerprint density at radius 3 is 2.54 bits per heavy atom. The number of carbonyl (C=O) groups excluding carboxylic acids is 4. The van der Waals surface area contributed by atoms with Gasteiger partial charge in [-0.2, -0.15) is 0 Å². The molecular weight excluding hydrogens is 512 g/mol. The lowest BCUT2D eigenvalue weighted by molar-refractivity contribution is -0.382. The fourth-order valence-electron chi connectivity index (χ4n) is 10.6. The number of Topliss-reactive ketones (excluding diaryl/α,β-unsaturated/α-hetero) is 1. The van der Waals surface area contributed by atoms with Crippen LogP contribution >= 0.6 is 0 Å². The van der Waals surface area contributed by atoms with Gasteiger partial charge in [-0.25, -0.2) is 4.79 Å². The minimum absolute atomic E-state index is 0.0207. The normalized spacial score (nSPS) is 62.0. The van der Waals surface area contributed by atoms with Crippen LogP contribution in [-0.2, 0) is 38.1 Å². The van der Waals surface area contributed by atoms with Crippen molar-refractivity contribution in [3.05, 3.63) is 12.2 Å². The van der Waals surface area contributed by atoms with Crippen LogP contribution in [0.5, 0.6) is 0 Å². The molecule has 0 amide bonds. The third kappa shape index (κ3) is 2.10. The summed E-state index contributed by atoms with van der Waals surface area (Å²) in [6, 6.07) is 0. The molecule has 8 rings (SSSR count). The maximum absolute atomic E-state index is 14.9. The van der Waals surface area contributed by atoms with Crippen LogP contribution in [0.15, 0.2) is 12.2 Å². The van der Waals surface area contributed by atoms with Gasteiger partial charge in [0.15, 0.2) is 28.4 Å². The maximum atomic E-state index is 14.9. The van der Waals surface area contributed by atoms with Gasteiger partial charge in [0, 0.05) is 5.92 Å². The lowest BCUT2D eigenvalue weighted by atomic mass is 9.46. The average molecular weight is 545 g/mol. The molecule has 210 valence electrons. The predicted octanol–water partition coefficient (Wildman–Crippen LogP) is -0.277. The SMILES string of the molecule is C[C@@]12C[C@H]3OC(=O)[C@@H]1CO[C@@]14O[C@@]5([C@@H]2C1=O)[C@@]3(C)OC(=O)[C@@]5(O)CC[C@H]1[C@H]4C[C@@H](O)[C@@]2(O)CC=CC(=O)[C@]12C. The van der Waals surface area contributed by atoms with E-state index in [0.717, 1.165) is 0 Å². The summed E-state index contributed by atoms with van der Waals surface area (Å²) in [5.74, 6) is -8.35. The van der Waals surface area contributed by atoms with Crippen LogP contribution in [0.4, 0.5) is 0 Å². The fourth-order valence-corrected chi connectivity index (χ4v) is 10.6. The largest absolute Gasteiger partial charge is 0.458 e. The molecule has 39 heavy (non-hydrogen) atoms. The molecule has 3 N–H and O–H groups in total. The predicted molar refractivity (Wildman–Crippen MR) is 125 cm³/mol. The van der Waals surface area contributed by atoms with Gasteiger partial charge in [-0.1, -0.05) is 13.0 Å². The smallest absolute Gasteiger partial charge is 0.342 e. The summed E-state index contributed by atoms with van der Waals surface area (Å²) >= 11 is 0. The van der Waals surface area contributed by atoms with Crippen LogP contribution in [0.2, 0.25) is 0 Å². The molecule has 0 unspecified atom stereocenters. The second-order valence-corrected chi connectivity index (χ2v) is 13.8. The topological polar surface area (TPSA) is 166 Å². The third-order valence-corrected chi connectivity index (χ3v) is 12.7. The Hall–Kier alpha value is -2.18. The zero-order valence-corrected chi connectivity index (χ0v) is 22.0. The van der Waals surface area contributed by atoms with Crippen molar-refractivity contribution in [2.45, 2.75) is 93.3 Å². The first-order valence-electron chi connectivity index (χ1n) is 13.8. The number of rotatable bonds is 0. The third-order valence-electron chi connectivity index (χ3n) is 12.7. The lowest BCUT2D eigenvalue weighted by Crippen LogP contribution is -2.79. The first kappa shape index (κ1) is 24.6. The number of hydrogen-bond acceptors (Lipinski definition) is 11. The van der Waals surface area contributed by atoms with Crippen molar-refractivity contribution in [1.29, 1.82) is 0 Å². The van der Waals surface area contributed by atoms with E-state index >= 15 is 0 Å². The van der Waals surface area contributed by atoms with Crippen molar-refractivity contribution < 1.29 is 53.4 Å². The van der Waals surface area contributed by atoms with Gasteiger partial charge in [0.05, 0.1) is 30.0 Å². The van der Waals surface area contributed by atoms with Crippen molar-refractivity contribution in [2.75, 3.05) is 6.61 Å². The minimum Gasteiger partial charge on any atom is -0.458 e. The van der Waals surface area contributed by atoms with E-state index in [1.165, 1.54) is 12.2 Å². The van der Waals surface area contributed by atoms with Gasteiger partial charge in [-0.3, -0.25) is 14.4 Å². The van der Waals surface area contributed by atoms with E-state index < -0.39 is 98.4 Å². The van der Waals surface area contributed by atoms with Crippen molar-refractivity contribution in [3.63, 3.8) is 0 Å². The van der Waals surface area contributed by atoms with Crippen molar-refractivity contribution in [2.24, 2.45) is 34.5 Å². The summed E-state index contributed by atoms with van der Waals surface area (Å²) in [5, 5.41) is 35.6. The van der Waals surface area contributed by atoms with Gasteiger partial charge in [0.25, 0.3) is 0 Å². The van der Waals surface area contributed by atoms with E-state index in [2.05, 4.69) is 0 Å². The Kier molecular flexibility index (Phi) is 4.09. The Labute approximate surface area is 223 Å². The molecule has 13 atom stereocenters. The van der Waals surface area contributed by atoms with Crippen molar-refractivity contribution in [3.8, 4) is 0 Å². The highest BCUT2D eigenvalue weighted by Crippen LogP contribution is 2.75. The van der Waals surface area contributed by atoms with E-state index in [1.807, 2.05) is 0 Å². The van der Waals surface area contributed by atoms with Gasteiger partial charge in [-0.05, 0) is 63.4 Å². The molecule has 0 aromatic rings. The van der Waals surface area contributed by atoms with E-state index in [1.54, 1.807) is 20.8 Å². The molecule has 5 aliphatic heterocycles. The number of ether oxygens (including phenoxy) is 4. The molecule has 5 bridgehead atoms. The minimum atomic E-state index is -2.32. The van der Waals surface area contributed by atoms with Crippen LogP contribution in [-0.4, -0.2) is 85.8 Å². The first-order chi connectivity index (χ1) is 18.2. The summed E-state index contributed by atoms with van der Waals surface area (Å²) in [6.45, 7) is 4.69. The molecule has 8 aliphatic rings. The highest BCUT2D eigenvalue weighted by Gasteiger charge is 2.93. The van der Waals surface area contributed by atoms with Crippen molar-refractivity contribution in [1.82, 2.24) is 0 Å². The Morgan fingerprint density at radius 2 is 1.79 bits per heavy atom. The van der Waals surface area contributed by atoms with Crippen molar-refractivity contribution >= 4 is 23.5 Å². The summed E-state index contributed by atoms with van der Waals surface area (Å²) in [6.07, 6.45) is 0.491. The highest BCUT2D eigenvalue weighted by molar-refractivity contribution is 6.00. The number of aliphatic hydroxyl groups is 3. The van der Waals surface area contributed by atoms with E-state index in [0.29, 0.717) is 0 Å². The Balaban J connectivity index is 1.43. The number of aliphatic hydroxyl groups excluding tert-OH is 1. The van der Waals surface area contributed by atoms with Gasteiger partial charge < -0.3 is 34.3 Å². The summed E-state index contributed by atoms with van der Waals surface area (Å²) < 4.78 is 24.9. The van der Waals surface area contributed by atoms with E-state index in [4.69, 9.17) is 18.9 Å². The molecule has 3 aliphatic carbocycles. The zero-order chi connectivity index (χ0) is 27.8. The monoisotopic (exact) mass is 544 g/mol. The second-order valence-electron chi connectivity index (χ2n) is 13.8. The Morgan fingerprint density at radius 1 is 1.05 bits per heavy atom. The summed E-state index contributed by atoms with van der Waals surface area (Å²) in [7, 11) is 0. The molecule has 11 nitrogen and oxygen atoms in total. The average Bonchev–Trinajstić information content (AvgIpc) is 3.19. The standard InChI is InChI=1S/C28H32O11/c1-22-10-17-24(3)28-18(22)19(31)27(39-28,36-11-14(22)20(32)37-17)13-9-16(30)25(34)7-4-5-15(29)23(25,2)12(13)6-8-26(28,35)21(33)38-24/h4-5,12-14,16-18,30,34-35H,6-11H2,1-3H3/t12-,13+,14-,16+,17+,18+,22+,23-,24-,25-,26-,27-,28-/m0/s1. The van der Waals surface area contributed by atoms with E-state index in [-0.39, 0.29) is 38.7 Å². The van der Waals surface area contributed by atoms with Gasteiger partial charge >= 0.3 is 11.9 Å². The number of allylic oxidation sites excluding steroid dienone is 1. The molecule has 0 radical (unpaired) electrons. The van der Waals surface area contributed by atoms with E-state index in [9.17, 15) is 34.5 Å². The first-order valence-corrected chi connectivity index (χ1v) is 13.8. The quantitative estimate of drug-likeness (QED) is 0.344. The lowest BCUT2D eigenvalue weighted by Gasteiger charge is -2.64. The maximum Gasteiger partial charge on any atom is 0.342 e. The second kappa shape index (κ2) is 6.49. The fraction of sp³-hybridized carbons (Fsp3) is 0.786. The molecule has 5 heterocycles. The van der Waals surface area contributed by atoms with Crippen LogP contribution < -0.4 is 0 Å². The van der Waals surface area contributed by atoms with Crippen LogP contribution in [0.3, 0.4) is 0 Å². The summed E-state index contributed by atoms with van der Waals surface area (Å²) in [5.41, 5.74) is -10.4. The van der Waals surface area contributed by atoms with Crippen LogP contribution in [0.1, 0.15) is 52.9 Å². The molecule has 5 saturated heterocycles. The summed E-state index contributed by atoms with van der Waals surface area (Å²) in [4.78, 5) is 55.5. The van der Waals surface area contributed by atoms with Gasteiger partial charge in [0.2, 0.25) is 5.79 Å². The number of carbonyl (C=O) groups is 4. The molecule has 0 aromatic carbocycles. The van der Waals surface area contributed by atoms with Crippen LogP contribution in [0, 0.1) is 34.5 Å². The molecule has 2 spiro atoms. The Bertz CT molecular complexity index is 1330. The molecule has 2 saturated carbocycles. The number of hydrogen-bond donors (Lipinski definition) is 3. The molecule has 11 heteroatoms. The molecule has 7 fully saturated rings. The molecule has 0 aromatic heterocycles. The van der Waals surface area contributed by atoms with Crippen LogP contribution in [0.25, 0.3) is 0 Å². The number of esters is 2. The van der Waals surface area contributed by atoms with Gasteiger partial charge in [-0.15, -0.1) is 0 Å². The van der Waals surface area contributed by atoms with Gasteiger partial charge in [0.1, 0.15) is 11.7 Å². The highest BCUT2D eigenvalue weighted by atomic mass is 16.8.